The van der Waals surface area contributed by atoms with Crippen LogP contribution in [0.15, 0.2) is 42.5 Å². The molecule has 0 aliphatic carbocycles. The van der Waals surface area contributed by atoms with Gasteiger partial charge in [-0.25, -0.2) is 8.42 Å². The fourth-order valence-electron chi connectivity index (χ4n) is 3.29. The number of nitrogens with one attached hydrogen (secondary N) is 1. The zero-order valence-corrected chi connectivity index (χ0v) is 18.4. The highest BCUT2D eigenvalue weighted by molar-refractivity contribution is 7.92. The van der Waals surface area contributed by atoms with Gasteiger partial charge in [-0.2, -0.15) is 0 Å². The van der Waals surface area contributed by atoms with Gasteiger partial charge in [-0.05, 0) is 42.5 Å². The second-order valence-corrected chi connectivity index (χ2v) is 8.72. The molecule has 0 unspecified atom stereocenters. The van der Waals surface area contributed by atoms with Gasteiger partial charge in [0.1, 0.15) is 5.75 Å². The summed E-state index contributed by atoms with van der Waals surface area (Å²) in [6.45, 7) is 4.31. The minimum Gasteiger partial charge on any atom is -0.495 e. The Morgan fingerprint density at radius 2 is 1.66 bits per heavy atom. The lowest BCUT2D eigenvalue weighted by Crippen LogP contribution is -2.31. The molecular formula is C22H30N2O4S. The Bertz CT molecular complexity index is 919. The molecule has 0 saturated heterocycles. The van der Waals surface area contributed by atoms with Crippen molar-refractivity contribution in [1.82, 2.24) is 0 Å². The number of rotatable bonds is 10. The molecule has 0 radical (unpaired) electrons. The number of ether oxygens (including phenoxy) is 1. The molecule has 0 bridgehead atoms. The number of sulfonamides is 1. The molecule has 0 atom stereocenters. The fourth-order valence-corrected chi connectivity index (χ4v) is 4.26. The van der Waals surface area contributed by atoms with Gasteiger partial charge in [-0.3, -0.25) is 9.10 Å². The molecule has 0 aliphatic rings. The molecule has 0 aromatic heterocycles. The monoisotopic (exact) mass is 418 g/mol. The lowest BCUT2D eigenvalue weighted by molar-refractivity contribution is -0.116. The SMILES string of the molecule is CCc1cccc(CC)c1NC(=O)CCCN(c1ccccc1OC)S(C)(=O)=O. The maximum Gasteiger partial charge on any atom is 0.232 e. The molecular weight excluding hydrogens is 388 g/mol. The Morgan fingerprint density at radius 1 is 1.03 bits per heavy atom. The van der Waals surface area contributed by atoms with Crippen LogP contribution in [0.2, 0.25) is 0 Å². The van der Waals surface area contributed by atoms with Crippen molar-refractivity contribution in [3.05, 3.63) is 53.6 Å². The number of amides is 1. The molecule has 0 fully saturated rings. The normalized spacial score (nSPS) is 11.2. The summed E-state index contributed by atoms with van der Waals surface area (Å²) in [5.74, 6) is 0.362. The summed E-state index contributed by atoms with van der Waals surface area (Å²) in [6.07, 6.45) is 3.44. The van der Waals surface area contributed by atoms with E-state index >= 15 is 0 Å². The Labute approximate surface area is 173 Å². The van der Waals surface area contributed by atoms with E-state index in [2.05, 4.69) is 19.2 Å². The van der Waals surface area contributed by atoms with Crippen LogP contribution in [0.1, 0.15) is 37.8 Å². The summed E-state index contributed by atoms with van der Waals surface area (Å²) in [6, 6.07) is 13.0. The van der Waals surface area contributed by atoms with Crippen LogP contribution in [0.5, 0.6) is 5.75 Å². The third-order valence-electron chi connectivity index (χ3n) is 4.78. The van der Waals surface area contributed by atoms with Crippen LogP contribution >= 0.6 is 0 Å². The van der Waals surface area contributed by atoms with E-state index in [0.29, 0.717) is 17.9 Å². The van der Waals surface area contributed by atoms with Gasteiger partial charge < -0.3 is 10.1 Å². The molecule has 0 aliphatic heterocycles. The lowest BCUT2D eigenvalue weighted by atomic mass is 10.0. The number of nitrogens with zero attached hydrogens (tertiary/aromatic N) is 1. The molecule has 2 aromatic rings. The van der Waals surface area contributed by atoms with E-state index in [1.165, 1.54) is 11.4 Å². The van der Waals surface area contributed by atoms with Crippen LogP contribution in [0, 0.1) is 0 Å². The Morgan fingerprint density at radius 3 is 2.21 bits per heavy atom. The molecule has 1 amide bonds. The molecule has 158 valence electrons. The number of hydrogen-bond donors (Lipinski definition) is 1. The second-order valence-electron chi connectivity index (χ2n) is 6.82. The summed E-state index contributed by atoms with van der Waals surface area (Å²) < 4.78 is 31.2. The first-order chi connectivity index (χ1) is 13.8. The van der Waals surface area contributed by atoms with E-state index in [4.69, 9.17) is 4.74 Å². The van der Waals surface area contributed by atoms with Gasteiger partial charge in [0.2, 0.25) is 15.9 Å². The average Bonchev–Trinajstić information content (AvgIpc) is 2.70. The number of hydrogen-bond acceptors (Lipinski definition) is 4. The van der Waals surface area contributed by atoms with E-state index in [1.807, 2.05) is 18.2 Å². The largest absolute Gasteiger partial charge is 0.495 e. The van der Waals surface area contributed by atoms with Gasteiger partial charge in [0.25, 0.3) is 0 Å². The Balaban J connectivity index is 2.08. The number of aryl methyl sites for hydroxylation is 2. The molecule has 0 saturated carbocycles. The lowest BCUT2D eigenvalue weighted by Gasteiger charge is -2.24. The number of para-hydroxylation sites is 3. The van der Waals surface area contributed by atoms with Crippen molar-refractivity contribution < 1.29 is 17.9 Å². The Hall–Kier alpha value is -2.54. The maximum absolute atomic E-state index is 12.5. The number of benzene rings is 2. The maximum atomic E-state index is 12.5. The average molecular weight is 419 g/mol. The zero-order valence-electron chi connectivity index (χ0n) is 17.6. The van der Waals surface area contributed by atoms with Crippen LogP contribution in [0.4, 0.5) is 11.4 Å². The van der Waals surface area contributed by atoms with Crippen LogP contribution in [-0.4, -0.2) is 34.2 Å². The first-order valence-electron chi connectivity index (χ1n) is 9.83. The highest BCUT2D eigenvalue weighted by atomic mass is 32.2. The third kappa shape index (κ3) is 5.97. The molecule has 0 heterocycles. The Kier molecular flexibility index (Phi) is 8.08. The topological polar surface area (TPSA) is 75.7 Å². The van der Waals surface area contributed by atoms with Crippen molar-refractivity contribution in [2.75, 3.05) is 29.5 Å². The molecule has 2 rings (SSSR count). The van der Waals surface area contributed by atoms with Gasteiger partial charge in [-0.1, -0.05) is 44.2 Å². The predicted octanol–water partition coefficient (Wildman–Crippen LogP) is 4.00. The van der Waals surface area contributed by atoms with Crippen molar-refractivity contribution in [3.63, 3.8) is 0 Å². The highest BCUT2D eigenvalue weighted by Crippen LogP contribution is 2.30. The first-order valence-corrected chi connectivity index (χ1v) is 11.7. The van der Waals surface area contributed by atoms with E-state index in [1.54, 1.807) is 24.3 Å². The highest BCUT2D eigenvalue weighted by Gasteiger charge is 2.21. The summed E-state index contributed by atoms with van der Waals surface area (Å²) in [4.78, 5) is 12.5. The zero-order chi connectivity index (χ0) is 21.4. The quantitative estimate of drug-likeness (QED) is 0.633. The minimum absolute atomic E-state index is 0.117. The van der Waals surface area contributed by atoms with Gasteiger partial charge in [0.15, 0.2) is 0 Å². The fraction of sp³-hybridized carbons (Fsp3) is 0.409. The third-order valence-corrected chi connectivity index (χ3v) is 5.96. The van der Waals surface area contributed by atoms with Gasteiger partial charge >= 0.3 is 0 Å². The van der Waals surface area contributed by atoms with E-state index in [9.17, 15) is 13.2 Å². The van der Waals surface area contributed by atoms with Gasteiger partial charge in [-0.15, -0.1) is 0 Å². The smallest absolute Gasteiger partial charge is 0.232 e. The molecule has 1 N–H and O–H groups in total. The van der Waals surface area contributed by atoms with Gasteiger partial charge in [0, 0.05) is 18.7 Å². The summed E-state index contributed by atoms with van der Waals surface area (Å²) >= 11 is 0. The van der Waals surface area contributed by atoms with Crippen molar-refractivity contribution in [2.24, 2.45) is 0 Å². The van der Waals surface area contributed by atoms with Gasteiger partial charge in [0.05, 0.1) is 19.1 Å². The first kappa shape index (κ1) is 22.7. The van der Waals surface area contributed by atoms with Crippen molar-refractivity contribution in [1.29, 1.82) is 0 Å². The van der Waals surface area contributed by atoms with Crippen LogP contribution in [0.25, 0.3) is 0 Å². The number of carbonyl (C=O) groups is 1. The summed E-state index contributed by atoms with van der Waals surface area (Å²) in [7, 11) is -2.00. The van der Waals surface area contributed by atoms with Crippen LogP contribution < -0.4 is 14.4 Å². The second kappa shape index (κ2) is 10.3. The van der Waals surface area contributed by atoms with E-state index < -0.39 is 10.0 Å². The van der Waals surface area contributed by atoms with Crippen LogP contribution in [-0.2, 0) is 27.7 Å². The molecule has 2 aromatic carbocycles. The van der Waals surface area contributed by atoms with Crippen molar-refractivity contribution in [2.45, 2.75) is 39.5 Å². The van der Waals surface area contributed by atoms with Crippen molar-refractivity contribution in [3.8, 4) is 5.75 Å². The summed E-state index contributed by atoms with van der Waals surface area (Å²) in [5, 5.41) is 3.02. The number of anilines is 2. The van der Waals surface area contributed by atoms with Crippen molar-refractivity contribution >= 4 is 27.3 Å². The molecule has 29 heavy (non-hydrogen) atoms. The standard InChI is InChI=1S/C22H30N2O4S/c1-5-17-11-9-12-18(6-2)22(17)23-21(25)15-10-16-24(29(4,26)27)19-13-7-8-14-20(19)28-3/h7-9,11-14H,5-6,10,15-16H2,1-4H3,(H,23,25). The molecule has 6 nitrogen and oxygen atoms in total. The predicted molar refractivity (Wildman–Crippen MR) is 118 cm³/mol. The number of carbonyl (C=O) groups excluding carboxylic acids is 1. The number of methoxy groups -OCH3 is 1. The molecule has 7 heteroatoms. The summed E-state index contributed by atoms with van der Waals surface area (Å²) in [5.41, 5.74) is 3.56. The minimum atomic E-state index is -3.51. The van der Waals surface area contributed by atoms with E-state index in [-0.39, 0.29) is 18.9 Å². The van der Waals surface area contributed by atoms with E-state index in [0.717, 1.165) is 35.9 Å². The van der Waals surface area contributed by atoms with Crippen LogP contribution in [0.3, 0.4) is 0 Å². The molecule has 0 spiro atoms.